The van der Waals surface area contributed by atoms with Gasteiger partial charge in [0.2, 0.25) is 20.0 Å². The Hall–Kier alpha value is -1.78. The highest BCUT2D eigenvalue weighted by atomic mass is 32.2. The van der Waals surface area contributed by atoms with Crippen LogP contribution in [0.3, 0.4) is 0 Å². The predicted octanol–water partition coefficient (Wildman–Crippen LogP) is 2.71. The van der Waals surface area contributed by atoms with Gasteiger partial charge in [-0.05, 0) is 51.0 Å². The van der Waals surface area contributed by atoms with E-state index in [-0.39, 0.29) is 21.9 Å². The van der Waals surface area contributed by atoms with E-state index < -0.39 is 20.0 Å². The summed E-state index contributed by atoms with van der Waals surface area (Å²) in [5.41, 5.74) is 1.98. The molecule has 0 radical (unpaired) electrons. The first-order valence-corrected chi connectivity index (χ1v) is 13.4. The van der Waals surface area contributed by atoms with Crippen LogP contribution in [0.5, 0.6) is 0 Å². The summed E-state index contributed by atoms with van der Waals surface area (Å²) < 4.78 is 55.9. The van der Waals surface area contributed by atoms with E-state index in [0.29, 0.717) is 25.9 Å². The Morgan fingerprint density at radius 2 is 0.968 bits per heavy atom. The molecule has 0 amide bonds. The molecule has 7 nitrogen and oxygen atoms in total. The van der Waals surface area contributed by atoms with Crippen LogP contribution in [0.25, 0.3) is 0 Å². The first-order valence-electron chi connectivity index (χ1n) is 10.5. The summed E-state index contributed by atoms with van der Waals surface area (Å²) >= 11 is 0. The van der Waals surface area contributed by atoms with Crippen LogP contribution in [0.1, 0.15) is 37.8 Å². The van der Waals surface area contributed by atoms with Crippen LogP contribution >= 0.6 is 0 Å². The molecule has 2 atom stereocenters. The number of nitrogens with one attached hydrogen (secondary N) is 3. The molecule has 0 aliphatic rings. The van der Waals surface area contributed by atoms with E-state index in [1.165, 1.54) is 0 Å². The molecule has 0 heterocycles. The molecule has 2 unspecified atom stereocenters. The van der Waals surface area contributed by atoms with Crippen LogP contribution in [0.4, 0.5) is 0 Å². The van der Waals surface area contributed by atoms with Crippen molar-refractivity contribution in [3.8, 4) is 0 Å². The Kier molecular flexibility index (Phi) is 9.20. The maximum Gasteiger partial charge on any atom is 0.240 e. The van der Waals surface area contributed by atoms with Crippen LogP contribution < -0.4 is 14.8 Å². The second-order valence-corrected chi connectivity index (χ2v) is 11.2. The molecule has 0 spiro atoms. The van der Waals surface area contributed by atoms with Crippen molar-refractivity contribution in [3.63, 3.8) is 0 Å². The highest BCUT2D eigenvalue weighted by molar-refractivity contribution is 7.89. The van der Waals surface area contributed by atoms with E-state index >= 15 is 0 Å². The molecule has 2 rings (SSSR count). The fourth-order valence-electron chi connectivity index (χ4n) is 2.98. The lowest BCUT2D eigenvalue weighted by molar-refractivity contribution is 0.468. The quantitative estimate of drug-likeness (QED) is 0.445. The number of aryl methyl sites for hydroxylation is 2. The largest absolute Gasteiger partial charge is 0.314 e. The fraction of sp³-hybridized carbons (Fsp3) is 0.455. The van der Waals surface area contributed by atoms with Crippen molar-refractivity contribution in [3.05, 3.63) is 59.7 Å². The molecule has 172 valence electrons. The second-order valence-electron chi connectivity index (χ2n) is 7.74. The summed E-state index contributed by atoms with van der Waals surface area (Å²) in [6, 6.07) is 12.8. The van der Waals surface area contributed by atoms with Crippen molar-refractivity contribution in [1.29, 1.82) is 0 Å². The van der Waals surface area contributed by atoms with Crippen molar-refractivity contribution < 1.29 is 16.8 Å². The number of hydrogen-bond acceptors (Lipinski definition) is 5. The molecule has 0 saturated heterocycles. The lowest BCUT2D eigenvalue weighted by atomic mass is 10.2. The lowest BCUT2D eigenvalue weighted by Gasteiger charge is -2.21. The molecule has 9 heteroatoms. The van der Waals surface area contributed by atoms with Crippen LogP contribution in [-0.2, 0) is 20.0 Å². The van der Waals surface area contributed by atoms with Crippen LogP contribution in [0, 0.1) is 13.8 Å². The molecule has 2 aromatic carbocycles. The van der Waals surface area contributed by atoms with Crippen molar-refractivity contribution >= 4 is 20.0 Å². The van der Waals surface area contributed by atoms with E-state index in [1.54, 1.807) is 48.5 Å². The van der Waals surface area contributed by atoms with Crippen molar-refractivity contribution in [1.82, 2.24) is 14.8 Å². The van der Waals surface area contributed by atoms with Gasteiger partial charge in [-0.2, -0.15) is 0 Å². The second kappa shape index (κ2) is 11.2. The van der Waals surface area contributed by atoms with Crippen LogP contribution in [0.2, 0.25) is 0 Å². The molecule has 31 heavy (non-hydrogen) atoms. The average molecular weight is 468 g/mol. The molecule has 0 aliphatic heterocycles. The van der Waals surface area contributed by atoms with Gasteiger partial charge in [0.15, 0.2) is 0 Å². The van der Waals surface area contributed by atoms with Crippen LogP contribution in [0.15, 0.2) is 58.3 Å². The molecule has 0 bridgehead atoms. The number of benzene rings is 2. The normalized spacial score (nSPS) is 14.3. The van der Waals surface area contributed by atoms with Gasteiger partial charge in [-0.25, -0.2) is 26.3 Å². The van der Waals surface area contributed by atoms with Gasteiger partial charge in [0, 0.05) is 25.2 Å². The third-order valence-corrected chi connectivity index (χ3v) is 8.15. The summed E-state index contributed by atoms with van der Waals surface area (Å²) in [4.78, 5) is 0.461. The molecule has 2 aromatic rings. The Labute approximate surface area is 186 Å². The minimum atomic E-state index is -3.61. The smallest absolute Gasteiger partial charge is 0.240 e. The number of rotatable bonds is 12. The summed E-state index contributed by atoms with van der Waals surface area (Å²) in [6.07, 6.45) is 1.20. The van der Waals surface area contributed by atoms with E-state index in [2.05, 4.69) is 14.8 Å². The number of sulfonamides is 2. The van der Waals surface area contributed by atoms with Gasteiger partial charge in [-0.15, -0.1) is 0 Å². The third kappa shape index (κ3) is 7.69. The maximum absolute atomic E-state index is 12.6. The first-order chi connectivity index (χ1) is 14.6. The summed E-state index contributed by atoms with van der Waals surface area (Å²) in [6.45, 7) is 8.40. The van der Waals surface area contributed by atoms with Gasteiger partial charge in [-0.1, -0.05) is 49.2 Å². The van der Waals surface area contributed by atoms with Gasteiger partial charge >= 0.3 is 0 Å². The Balaban J connectivity index is 1.92. The summed E-state index contributed by atoms with van der Waals surface area (Å²) in [5, 5.41) is 3.20. The molecular formula is C22H33N3O4S2. The zero-order valence-corrected chi connectivity index (χ0v) is 20.2. The van der Waals surface area contributed by atoms with Crippen molar-refractivity contribution in [2.24, 2.45) is 0 Å². The zero-order valence-electron chi connectivity index (χ0n) is 18.6. The van der Waals surface area contributed by atoms with Gasteiger partial charge in [-0.3, -0.25) is 0 Å². The fourth-order valence-corrected chi connectivity index (χ4v) is 5.62. The number of hydrogen-bond donors (Lipinski definition) is 3. The lowest BCUT2D eigenvalue weighted by Crippen LogP contribution is -2.46. The van der Waals surface area contributed by atoms with Crippen molar-refractivity contribution in [2.45, 2.75) is 62.4 Å². The Morgan fingerprint density at radius 1 is 0.645 bits per heavy atom. The summed E-state index contributed by atoms with van der Waals surface area (Å²) in [5.74, 6) is 0. The van der Waals surface area contributed by atoms with Gasteiger partial charge < -0.3 is 5.32 Å². The minimum absolute atomic E-state index is 0.230. The molecule has 0 aromatic heterocycles. The maximum atomic E-state index is 12.6. The van der Waals surface area contributed by atoms with Gasteiger partial charge in [0.25, 0.3) is 0 Å². The molecule has 0 aliphatic carbocycles. The van der Waals surface area contributed by atoms with E-state index in [9.17, 15) is 16.8 Å². The molecule has 3 N–H and O–H groups in total. The minimum Gasteiger partial charge on any atom is -0.314 e. The van der Waals surface area contributed by atoms with Gasteiger partial charge in [0.05, 0.1) is 9.79 Å². The molecular weight excluding hydrogens is 434 g/mol. The summed E-state index contributed by atoms with van der Waals surface area (Å²) in [7, 11) is -7.23. The van der Waals surface area contributed by atoms with Crippen LogP contribution in [-0.4, -0.2) is 42.0 Å². The Bertz CT molecular complexity index is 950. The average Bonchev–Trinajstić information content (AvgIpc) is 2.72. The topological polar surface area (TPSA) is 104 Å². The van der Waals surface area contributed by atoms with E-state index in [4.69, 9.17) is 0 Å². The highest BCUT2D eigenvalue weighted by Crippen LogP contribution is 2.12. The standard InChI is InChI=1S/C22H33N3O4S2/c1-5-19(24-30(26,27)21-11-7-17(3)8-12-21)15-23-16-20(6-2)25-31(28,29)22-13-9-18(4)10-14-22/h7-14,19-20,23-25H,5-6,15-16H2,1-4H3. The zero-order chi connectivity index (χ0) is 23.1. The van der Waals surface area contributed by atoms with Crippen molar-refractivity contribution in [2.75, 3.05) is 13.1 Å². The SMILES string of the molecule is CCC(CNCC(CC)NS(=O)(=O)c1ccc(C)cc1)NS(=O)(=O)c1ccc(C)cc1. The van der Waals surface area contributed by atoms with E-state index in [1.807, 2.05) is 27.7 Å². The third-order valence-electron chi connectivity index (χ3n) is 5.07. The molecule has 0 saturated carbocycles. The molecule has 0 fully saturated rings. The predicted molar refractivity (Wildman–Crippen MR) is 124 cm³/mol. The Morgan fingerprint density at radius 3 is 1.26 bits per heavy atom. The highest BCUT2D eigenvalue weighted by Gasteiger charge is 2.21. The monoisotopic (exact) mass is 467 g/mol. The van der Waals surface area contributed by atoms with Gasteiger partial charge in [0.1, 0.15) is 0 Å². The first kappa shape index (κ1) is 25.5. The van der Waals surface area contributed by atoms with E-state index in [0.717, 1.165) is 11.1 Å².